The molecule has 68 valence electrons. The number of hydrogen-bond acceptors (Lipinski definition) is 4. The maximum Gasteiger partial charge on any atom is 0.338 e. The zero-order valence-corrected chi connectivity index (χ0v) is 6.86. The molecule has 0 bridgehead atoms. The molecule has 3 atom stereocenters. The van der Waals surface area contributed by atoms with Gasteiger partial charge in [0.1, 0.15) is 6.10 Å². The van der Waals surface area contributed by atoms with E-state index in [0.29, 0.717) is 6.42 Å². The molecule has 4 heteroatoms. The van der Waals surface area contributed by atoms with E-state index in [2.05, 4.69) is 6.58 Å². The molecule has 1 aliphatic rings. The van der Waals surface area contributed by atoms with Gasteiger partial charge in [0.25, 0.3) is 0 Å². The van der Waals surface area contributed by atoms with Crippen molar-refractivity contribution in [1.29, 1.82) is 0 Å². The molecule has 0 unspecified atom stereocenters. The highest BCUT2D eigenvalue weighted by molar-refractivity contribution is 5.79. The monoisotopic (exact) mass is 172 g/mol. The predicted octanol–water partition coefficient (Wildman–Crippen LogP) is -0.400. The summed E-state index contributed by atoms with van der Waals surface area (Å²) in [4.78, 5) is 10.8. The molecular weight excluding hydrogens is 160 g/mol. The summed E-state index contributed by atoms with van der Waals surface area (Å²) in [5, 5.41) is 18.9. The third-order valence-electron chi connectivity index (χ3n) is 2.13. The van der Waals surface area contributed by atoms with Crippen molar-refractivity contribution in [2.24, 2.45) is 0 Å². The van der Waals surface area contributed by atoms with Crippen molar-refractivity contribution in [3.8, 4) is 0 Å². The van der Waals surface area contributed by atoms with E-state index in [9.17, 15) is 15.0 Å². The minimum atomic E-state index is -1.62. The van der Waals surface area contributed by atoms with Gasteiger partial charge in [0.05, 0.1) is 0 Å². The van der Waals surface area contributed by atoms with E-state index in [1.54, 1.807) is 6.92 Å². The zero-order valence-electron chi connectivity index (χ0n) is 6.86. The Hall–Kier alpha value is -0.870. The average Bonchev–Trinajstić information content (AvgIpc) is 2.30. The molecule has 0 radical (unpaired) electrons. The molecule has 1 fully saturated rings. The van der Waals surface area contributed by atoms with E-state index in [1.807, 2.05) is 0 Å². The fourth-order valence-corrected chi connectivity index (χ4v) is 1.32. The Labute approximate surface area is 70.5 Å². The van der Waals surface area contributed by atoms with Crippen LogP contribution in [0.3, 0.4) is 0 Å². The molecule has 0 amide bonds. The van der Waals surface area contributed by atoms with Crippen LogP contribution in [0.25, 0.3) is 0 Å². The van der Waals surface area contributed by atoms with E-state index in [-0.39, 0.29) is 0 Å². The second kappa shape index (κ2) is 2.88. The normalized spacial score (nSPS) is 41.1. The highest BCUT2D eigenvalue weighted by Gasteiger charge is 2.53. The van der Waals surface area contributed by atoms with Crippen LogP contribution in [-0.2, 0) is 9.53 Å². The van der Waals surface area contributed by atoms with Gasteiger partial charge in [0, 0.05) is 0 Å². The fraction of sp³-hybridized carbons (Fsp3) is 0.625. The fourth-order valence-electron chi connectivity index (χ4n) is 1.32. The van der Waals surface area contributed by atoms with Gasteiger partial charge < -0.3 is 14.9 Å². The maximum atomic E-state index is 10.8. The Morgan fingerprint density at radius 3 is 2.75 bits per heavy atom. The first-order valence-corrected chi connectivity index (χ1v) is 3.80. The van der Waals surface area contributed by atoms with Crippen molar-refractivity contribution in [3.05, 3.63) is 12.7 Å². The predicted molar refractivity (Wildman–Crippen MR) is 41.3 cm³/mol. The van der Waals surface area contributed by atoms with Crippen LogP contribution in [0, 0.1) is 0 Å². The number of carbonyl (C=O) groups excluding carboxylic acids is 1. The first-order valence-electron chi connectivity index (χ1n) is 3.80. The minimum absolute atomic E-state index is 0.450. The summed E-state index contributed by atoms with van der Waals surface area (Å²) in [6, 6.07) is 0. The number of aliphatic hydroxyl groups excluding tert-OH is 1. The number of esters is 1. The minimum Gasteiger partial charge on any atom is -0.457 e. The van der Waals surface area contributed by atoms with Crippen LogP contribution in [0.1, 0.15) is 13.3 Å². The van der Waals surface area contributed by atoms with Crippen molar-refractivity contribution in [1.82, 2.24) is 0 Å². The molecule has 0 aromatic rings. The van der Waals surface area contributed by atoms with Gasteiger partial charge in [-0.1, -0.05) is 19.6 Å². The lowest BCUT2D eigenvalue weighted by Crippen LogP contribution is -2.45. The van der Waals surface area contributed by atoms with Gasteiger partial charge in [0.15, 0.2) is 11.7 Å². The standard InChI is InChI=1S/C8H12O4/c1-3-5-8(11,4-2)6(9)7(10)12-5/h4-6,9,11H,2-3H2,1H3/t5-,6+,8-/m1/s1. The second-order valence-electron chi connectivity index (χ2n) is 2.83. The number of cyclic esters (lactones) is 1. The number of rotatable bonds is 2. The van der Waals surface area contributed by atoms with Crippen molar-refractivity contribution in [2.75, 3.05) is 0 Å². The number of aliphatic hydroxyl groups is 2. The SMILES string of the molecule is C=C[C@@]1(O)[C@@H](CC)OC(=O)[C@@H]1O. The summed E-state index contributed by atoms with van der Waals surface area (Å²) in [6.45, 7) is 5.11. The third-order valence-corrected chi connectivity index (χ3v) is 2.13. The molecule has 0 spiro atoms. The molecular formula is C8H12O4. The lowest BCUT2D eigenvalue weighted by Gasteiger charge is -2.24. The van der Waals surface area contributed by atoms with Crippen molar-refractivity contribution < 1.29 is 19.7 Å². The highest BCUT2D eigenvalue weighted by atomic mass is 16.6. The van der Waals surface area contributed by atoms with Crippen molar-refractivity contribution in [3.63, 3.8) is 0 Å². The van der Waals surface area contributed by atoms with Gasteiger partial charge in [-0.15, -0.1) is 0 Å². The first kappa shape index (κ1) is 9.22. The Balaban J connectivity index is 2.94. The summed E-state index contributed by atoms with van der Waals surface area (Å²) < 4.78 is 4.72. The van der Waals surface area contributed by atoms with Gasteiger partial charge in [-0.25, -0.2) is 4.79 Å². The Kier molecular flexibility index (Phi) is 2.21. The van der Waals surface area contributed by atoms with Gasteiger partial charge >= 0.3 is 5.97 Å². The molecule has 0 aliphatic carbocycles. The van der Waals surface area contributed by atoms with Crippen LogP contribution < -0.4 is 0 Å². The first-order chi connectivity index (χ1) is 5.56. The van der Waals surface area contributed by atoms with Crippen molar-refractivity contribution >= 4 is 5.97 Å². The number of ether oxygens (including phenoxy) is 1. The molecule has 0 aromatic heterocycles. The smallest absolute Gasteiger partial charge is 0.338 e. The van der Waals surface area contributed by atoms with E-state index < -0.39 is 23.8 Å². The maximum absolute atomic E-state index is 10.8. The van der Waals surface area contributed by atoms with Gasteiger partial charge in [-0.3, -0.25) is 0 Å². The van der Waals surface area contributed by atoms with Crippen LogP contribution >= 0.6 is 0 Å². The second-order valence-corrected chi connectivity index (χ2v) is 2.83. The molecule has 1 heterocycles. The Morgan fingerprint density at radius 1 is 1.83 bits per heavy atom. The molecule has 0 saturated carbocycles. The number of carbonyl (C=O) groups is 1. The van der Waals surface area contributed by atoms with E-state index in [4.69, 9.17) is 4.74 Å². The number of hydrogen-bond donors (Lipinski definition) is 2. The summed E-state index contributed by atoms with van der Waals surface area (Å²) in [5.74, 6) is -0.788. The summed E-state index contributed by atoms with van der Waals surface area (Å²) >= 11 is 0. The summed E-state index contributed by atoms with van der Waals surface area (Å²) in [7, 11) is 0. The van der Waals surface area contributed by atoms with Crippen LogP contribution in [0.2, 0.25) is 0 Å². The largest absolute Gasteiger partial charge is 0.457 e. The molecule has 4 nitrogen and oxygen atoms in total. The molecule has 12 heavy (non-hydrogen) atoms. The lowest BCUT2D eigenvalue weighted by molar-refractivity contribution is -0.147. The van der Waals surface area contributed by atoms with E-state index >= 15 is 0 Å². The van der Waals surface area contributed by atoms with Crippen molar-refractivity contribution in [2.45, 2.75) is 31.2 Å². The van der Waals surface area contributed by atoms with Crippen LogP contribution in [0.4, 0.5) is 0 Å². The zero-order chi connectivity index (χ0) is 9.35. The van der Waals surface area contributed by atoms with Gasteiger partial charge in [-0.2, -0.15) is 0 Å². The van der Waals surface area contributed by atoms with E-state index in [0.717, 1.165) is 6.08 Å². The Bertz CT molecular complexity index is 213. The highest BCUT2D eigenvalue weighted by Crippen LogP contribution is 2.30. The van der Waals surface area contributed by atoms with Crippen LogP contribution in [0.5, 0.6) is 0 Å². The Morgan fingerprint density at radius 2 is 2.42 bits per heavy atom. The molecule has 1 saturated heterocycles. The molecule has 1 aliphatic heterocycles. The summed E-state index contributed by atoms with van der Waals surface area (Å²) in [5.41, 5.74) is -1.62. The van der Waals surface area contributed by atoms with Gasteiger partial charge in [0.2, 0.25) is 0 Å². The average molecular weight is 172 g/mol. The van der Waals surface area contributed by atoms with Gasteiger partial charge in [-0.05, 0) is 6.42 Å². The van der Waals surface area contributed by atoms with Crippen LogP contribution in [-0.4, -0.2) is 34.0 Å². The molecule has 0 aromatic carbocycles. The lowest BCUT2D eigenvalue weighted by atomic mass is 9.92. The molecule has 1 rings (SSSR count). The quantitative estimate of drug-likeness (QED) is 0.439. The van der Waals surface area contributed by atoms with E-state index in [1.165, 1.54) is 0 Å². The third kappa shape index (κ3) is 1.04. The summed E-state index contributed by atoms with van der Waals surface area (Å²) in [6.07, 6.45) is -0.584. The van der Waals surface area contributed by atoms with Crippen LogP contribution in [0.15, 0.2) is 12.7 Å². The molecule has 2 N–H and O–H groups in total. The topological polar surface area (TPSA) is 66.8 Å².